The van der Waals surface area contributed by atoms with Crippen molar-refractivity contribution in [3.63, 3.8) is 0 Å². The van der Waals surface area contributed by atoms with Crippen LogP contribution >= 0.6 is 15.9 Å². The Bertz CT molecular complexity index is 445. The molecule has 1 saturated carbocycles. The van der Waals surface area contributed by atoms with E-state index in [1.165, 1.54) is 16.8 Å². The summed E-state index contributed by atoms with van der Waals surface area (Å²) in [5, 5.41) is 3.41. The van der Waals surface area contributed by atoms with Crippen LogP contribution in [0.1, 0.15) is 12.8 Å². The lowest BCUT2D eigenvalue weighted by Gasteiger charge is -2.12. The van der Waals surface area contributed by atoms with Crippen LogP contribution < -0.4 is 11.1 Å². The minimum atomic E-state index is -0.227. The van der Waals surface area contributed by atoms with Gasteiger partial charge >= 0.3 is 0 Å². The largest absolute Gasteiger partial charge is 0.268 e. The highest BCUT2D eigenvalue weighted by Gasteiger charge is 2.42. The molecule has 0 aromatic carbocycles. The Balaban J connectivity index is 2.29. The number of rotatable bonds is 3. The van der Waals surface area contributed by atoms with Gasteiger partial charge in [-0.3, -0.25) is 14.7 Å². The zero-order valence-corrected chi connectivity index (χ0v) is 9.21. The predicted molar refractivity (Wildman–Crippen MR) is 56.8 cm³/mol. The Morgan fingerprint density at radius 1 is 1.43 bits per heavy atom. The molecule has 0 amide bonds. The first-order valence-electron chi connectivity index (χ1n) is 4.51. The molecule has 0 radical (unpaired) electrons. The van der Waals surface area contributed by atoms with E-state index in [9.17, 15) is 9.59 Å². The molecule has 1 N–H and O–H groups in total. The highest BCUT2D eigenvalue weighted by Crippen LogP contribution is 2.47. The normalized spacial score (nSPS) is 18.1. The topological polar surface area (TPSA) is 54.9 Å². The molecule has 5 heteroatoms. The summed E-state index contributed by atoms with van der Waals surface area (Å²) in [5.41, 5.74) is -0.180. The second-order valence-electron chi connectivity index (χ2n) is 3.87. The van der Waals surface area contributed by atoms with Crippen LogP contribution in [0.15, 0.2) is 21.7 Å². The standard InChI is InChI=1S/C9H11BrN2O2/c10-5-9(3-4-9)6-12-8(14)2-1-7(13)11-12/h1-2H,3-6H2,(H,11,13). The third kappa shape index (κ3) is 1.82. The van der Waals surface area contributed by atoms with Gasteiger partial charge in [-0.1, -0.05) is 15.9 Å². The molecular weight excluding hydrogens is 248 g/mol. The molecule has 1 aliphatic carbocycles. The van der Waals surface area contributed by atoms with E-state index in [0.717, 1.165) is 18.2 Å². The fourth-order valence-corrected chi connectivity index (χ4v) is 2.16. The fraction of sp³-hybridized carbons (Fsp3) is 0.556. The van der Waals surface area contributed by atoms with Crippen LogP contribution in [0, 0.1) is 5.41 Å². The monoisotopic (exact) mass is 258 g/mol. The van der Waals surface area contributed by atoms with E-state index >= 15 is 0 Å². The van der Waals surface area contributed by atoms with Crippen LogP contribution in [0.2, 0.25) is 0 Å². The lowest BCUT2D eigenvalue weighted by Crippen LogP contribution is -2.31. The average Bonchev–Trinajstić information content (AvgIpc) is 2.92. The third-order valence-electron chi connectivity index (χ3n) is 2.62. The quantitative estimate of drug-likeness (QED) is 0.813. The SMILES string of the molecule is O=c1ccc(=O)n(CC2(CBr)CC2)[nH]1. The van der Waals surface area contributed by atoms with Crippen LogP contribution in [0.4, 0.5) is 0 Å². The van der Waals surface area contributed by atoms with Crippen molar-refractivity contribution in [1.82, 2.24) is 9.78 Å². The first kappa shape index (κ1) is 9.71. The van der Waals surface area contributed by atoms with Gasteiger partial charge in [-0.05, 0) is 18.3 Å². The number of aromatic amines is 1. The summed E-state index contributed by atoms with van der Waals surface area (Å²) in [7, 11) is 0. The Kier molecular flexibility index (Phi) is 2.34. The number of alkyl halides is 1. The Hall–Kier alpha value is -0.840. The molecule has 1 aromatic heterocycles. The number of H-pyrrole nitrogens is 1. The van der Waals surface area contributed by atoms with Crippen molar-refractivity contribution in [2.24, 2.45) is 5.41 Å². The lowest BCUT2D eigenvalue weighted by atomic mass is 10.1. The maximum Gasteiger partial charge on any atom is 0.265 e. The summed E-state index contributed by atoms with van der Waals surface area (Å²) in [6, 6.07) is 2.57. The minimum absolute atomic E-state index is 0.142. The molecule has 1 aromatic rings. The molecule has 14 heavy (non-hydrogen) atoms. The van der Waals surface area contributed by atoms with Gasteiger partial charge in [-0.15, -0.1) is 0 Å². The van der Waals surface area contributed by atoms with Gasteiger partial charge in [0.15, 0.2) is 0 Å². The Morgan fingerprint density at radius 3 is 2.71 bits per heavy atom. The molecule has 0 bridgehead atoms. The van der Waals surface area contributed by atoms with Crippen molar-refractivity contribution in [2.75, 3.05) is 5.33 Å². The Labute approximate surface area is 89.1 Å². The second kappa shape index (κ2) is 3.38. The predicted octanol–water partition coefficient (Wildman–Crippen LogP) is 0.712. The van der Waals surface area contributed by atoms with Crippen molar-refractivity contribution in [1.29, 1.82) is 0 Å². The van der Waals surface area contributed by atoms with Gasteiger partial charge in [0.25, 0.3) is 11.1 Å². The molecule has 1 heterocycles. The zero-order chi connectivity index (χ0) is 10.2. The third-order valence-corrected chi connectivity index (χ3v) is 3.81. The van der Waals surface area contributed by atoms with Gasteiger partial charge < -0.3 is 0 Å². The van der Waals surface area contributed by atoms with Gasteiger partial charge in [-0.25, -0.2) is 4.68 Å². The van der Waals surface area contributed by atoms with Crippen LogP contribution in [0.3, 0.4) is 0 Å². The van der Waals surface area contributed by atoms with E-state index in [2.05, 4.69) is 21.0 Å². The first-order chi connectivity index (χ1) is 6.65. The fourth-order valence-electron chi connectivity index (χ4n) is 1.43. The first-order valence-corrected chi connectivity index (χ1v) is 5.64. The molecule has 1 fully saturated rings. The smallest absolute Gasteiger partial charge is 0.265 e. The molecule has 0 atom stereocenters. The number of halogens is 1. The van der Waals surface area contributed by atoms with E-state index in [-0.39, 0.29) is 16.5 Å². The number of hydrogen-bond acceptors (Lipinski definition) is 2. The van der Waals surface area contributed by atoms with Crippen LogP contribution in [0.5, 0.6) is 0 Å². The van der Waals surface area contributed by atoms with Crippen LogP contribution in [-0.2, 0) is 6.54 Å². The average molecular weight is 259 g/mol. The molecule has 76 valence electrons. The molecule has 1 aliphatic rings. The molecule has 0 saturated heterocycles. The van der Waals surface area contributed by atoms with Crippen molar-refractivity contribution in [3.8, 4) is 0 Å². The second-order valence-corrected chi connectivity index (χ2v) is 4.43. The summed E-state index contributed by atoms with van der Waals surface area (Å²) in [4.78, 5) is 22.4. The van der Waals surface area contributed by atoms with E-state index in [1.807, 2.05) is 0 Å². The van der Waals surface area contributed by atoms with E-state index in [0.29, 0.717) is 6.54 Å². The number of hydrogen-bond donors (Lipinski definition) is 1. The van der Waals surface area contributed by atoms with Crippen molar-refractivity contribution in [2.45, 2.75) is 19.4 Å². The van der Waals surface area contributed by atoms with Crippen molar-refractivity contribution in [3.05, 3.63) is 32.8 Å². The summed E-state index contributed by atoms with van der Waals surface area (Å²) < 4.78 is 1.40. The van der Waals surface area contributed by atoms with Crippen LogP contribution in [-0.4, -0.2) is 15.1 Å². The van der Waals surface area contributed by atoms with Crippen LogP contribution in [0.25, 0.3) is 0 Å². The molecule has 4 nitrogen and oxygen atoms in total. The molecule has 2 rings (SSSR count). The Morgan fingerprint density at radius 2 is 2.14 bits per heavy atom. The highest BCUT2D eigenvalue weighted by molar-refractivity contribution is 9.09. The van der Waals surface area contributed by atoms with E-state index in [4.69, 9.17) is 0 Å². The summed E-state index contributed by atoms with van der Waals surface area (Å²) in [5.74, 6) is 0. The van der Waals surface area contributed by atoms with Crippen molar-refractivity contribution >= 4 is 15.9 Å². The van der Waals surface area contributed by atoms with E-state index < -0.39 is 0 Å². The maximum atomic E-state index is 11.4. The van der Waals surface area contributed by atoms with Crippen molar-refractivity contribution < 1.29 is 0 Å². The number of nitrogens with zero attached hydrogens (tertiary/aromatic N) is 1. The molecule has 0 spiro atoms. The molecular formula is C9H11BrN2O2. The number of aromatic nitrogens is 2. The van der Waals surface area contributed by atoms with Gasteiger partial charge in [-0.2, -0.15) is 0 Å². The number of nitrogens with one attached hydrogen (secondary N) is 1. The highest BCUT2D eigenvalue weighted by atomic mass is 79.9. The summed E-state index contributed by atoms with van der Waals surface area (Å²) in [6.07, 6.45) is 2.23. The zero-order valence-electron chi connectivity index (χ0n) is 7.62. The van der Waals surface area contributed by atoms with Gasteiger partial charge in [0, 0.05) is 24.0 Å². The van der Waals surface area contributed by atoms with E-state index in [1.54, 1.807) is 0 Å². The maximum absolute atomic E-state index is 11.4. The van der Waals surface area contributed by atoms with Gasteiger partial charge in [0.1, 0.15) is 0 Å². The summed E-state index contributed by atoms with van der Waals surface area (Å²) in [6.45, 7) is 0.604. The lowest BCUT2D eigenvalue weighted by molar-refractivity contribution is 0.422. The van der Waals surface area contributed by atoms with Gasteiger partial charge in [0.2, 0.25) is 0 Å². The summed E-state index contributed by atoms with van der Waals surface area (Å²) >= 11 is 3.43. The minimum Gasteiger partial charge on any atom is -0.268 e. The molecule has 0 aliphatic heterocycles. The van der Waals surface area contributed by atoms with Gasteiger partial charge in [0.05, 0.1) is 0 Å². The molecule has 0 unspecified atom stereocenters.